The van der Waals surface area contributed by atoms with E-state index in [-0.39, 0.29) is 35.5 Å². The van der Waals surface area contributed by atoms with Crippen molar-refractivity contribution in [3.05, 3.63) is 45.6 Å². The van der Waals surface area contributed by atoms with Gasteiger partial charge in [0, 0.05) is 6.08 Å². The SMILES string of the molecule is O=C(OCCCCC(I)=CC(F)(F)C(F)(F)C(F)(F)F)c1ccccc1. The van der Waals surface area contributed by atoms with Gasteiger partial charge in [0.2, 0.25) is 0 Å². The van der Waals surface area contributed by atoms with Gasteiger partial charge in [-0.15, -0.1) is 0 Å². The normalized spacial score (nSPS) is 13.6. The van der Waals surface area contributed by atoms with E-state index in [4.69, 9.17) is 4.74 Å². The Morgan fingerprint density at radius 2 is 1.58 bits per heavy atom. The van der Waals surface area contributed by atoms with Crippen molar-refractivity contribution in [1.82, 2.24) is 0 Å². The van der Waals surface area contributed by atoms with Gasteiger partial charge >= 0.3 is 24.0 Å². The molecule has 0 saturated heterocycles. The standard InChI is InChI=1S/C16H14F7IO2/c17-14(18,15(19,20)16(21,22)23)10-12(24)8-4-5-9-26-13(25)11-6-2-1-3-7-11/h1-3,6-7,10H,4-5,8-9H2. The highest BCUT2D eigenvalue weighted by Gasteiger charge is 2.72. The molecule has 10 heteroatoms. The van der Waals surface area contributed by atoms with Crippen LogP contribution >= 0.6 is 22.6 Å². The summed E-state index contributed by atoms with van der Waals surface area (Å²) in [7, 11) is 0. The van der Waals surface area contributed by atoms with E-state index >= 15 is 0 Å². The summed E-state index contributed by atoms with van der Waals surface area (Å²) in [6, 6.07) is 8.07. The summed E-state index contributed by atoms with van der Waals surface area (Å²) in [6.45, 7) is -0.0350. The zero-order chi connectivity index (χ0) is 20.0. The van der Waals surface area contributed by atoms with Crippen molar-refractivity contribution < 1.29 is 40.3 Å². The molecule has 0 aliphatic rings. The lowest BCUT2D eigenvalue weighted by Gasteiger charge is -2.26. The quantitative estimate of drug-likeness (QED) is 0.186. The fraction of sp³-hybridized carbons (Fsp3) is 0.438. The number of carbonyl (C=O) groups excluding carboxylic acids is 1. The van der Waals surface area contributed by atoms with Crippen molar-refractivity contribution in [2.24, 2.45) is 0 Å². The van der Waals surface area contributed by atoms with Gasteiger partial charge in [-0.3, -0.25) is 0 Å². The molecular formula is C16H14F7IO2. The average molecular weight is 498 g/mol. The van der Waals surface area contributed by atoms with E-state index in [0.29, 0.717) is 5.56 Å². The van der Waals surface area contributed by atoms with Gasteiger partial charge < -0.3 is 4.74 Å². The maximum atomic E-state index is 13.2. The average Bonchev–Trinajstić information content (AvgIpc) is 2.53. The number of hydrogen-bond donors (Lipinski definition) is 0. The van der Waals surface area contributed by atoms with Crippen molar-refractivity contribution in [1.29, 1.82) is 0 Å². The zero-order valence-electron chi connectivity index (χ0n) is 13.1. The molecule has 0 N–H and O–H groups in total. The van der Waals surface area contributed by atoms with E-state index in [0.717, 1.165) is 0 Å². The molecule has 0 fully saturated rings. The molecule has 0 amide bonds. The highest BCUT2D eigenvalue weighted by molar-refractivity contribution is 14.1. The Kier molecular flexibility index (Phi) is 7.90. The summed E-state index contributed by atoms with van der Waals surface area (Å²) in [5.74, 6) is -12.1. The molecule has 0 unspecified atom stereocenters. The van der Waals surface area contributed by atoms with Crippen molar-refractivity contribution >= 4 is 28.6 Å². The zero-order valence-corrected chi connectivity index (χ0v) is 15.3. The first kappa shape index (κ1) is 22.7. The molecule has 26 heavy (non-hydrogen) atoms. The van der Waals surface area contributed by atoms with Gasteiger partial charge in [-0.25, -0.2) is 4.79 Å². The number of benzene rings is 1. The number of allylic oxidation sites excluding steroid dienone is 2. The van der Waals surface area contributed by atoms with E-state index in [9.17, 15) is 35.5 Å². The van der Waals surface area contributed by atoms with Crippen LogP contribution in [0.3, 0.4) is 0 Å². The number of halogens is 8. The van der Waals surface area contributed by atoms with Gasteiger partial charge in [-0.1, -0.05) is 18.2 Å². The van der Waals surface area contributed by atoms with E-state index < -0.39 is 24.0 Å². The van der Waals surface area contributed by atoms with Crippen LogP contribution in [0.2, 0.25) is 0 Å². The Balaban J connectivity index is 2.45. The van der Waals surface area contributed by atoms with Crippen LogP contribution in [0.5, 0.6) is 0 Å². The number of rotatable bonds is 8. The van der Waals surface area contributed by atoms with E-state index in [2.05, 4.69) is 0 Å². The van der Waals surface area contributed by atoms with Crippen LogP contribution in [-0.2, 0) is 4.74 Å². The Hall–Kier alpha value is -1.33. The first-order chi connectivity index (χ1) is 11.9. The van der Waals surface area contributed by atoms with E-state index in [1.165, 1.54) is 34.7 Å². The van der Waals surface area contributed by atoms with Gasteiger partial charge in [-0.2, -0.15) is 30.7 Å². The molecule has 0 aliphatic carbocycles. The summed E-state index contributed by atoms with van der Waals surface area (Å²) in [4.78, 5) is 11.6. The lowest BCUT2D eigenvalue weighted by Crippen LogP contribution is -2.50. The number of ether oxygens (including phenoxy) is 1. The lowest BCUT2D eigenvalue weighted by atomic mass is 10.1. The predicted molar refractivity (Wildman–Crippen MR) is 88.6 cm³/mol. The number of alkyl halides is 7. The van der Waals surface area contributed by atoms with E-state index in [1.54, 1.807) is 18.2 Å². The highest BCUT2D eigenvalue weighted by Crippen LogP contribution is 2.48. The molecule has 0 aromatic heterocycles. The molecule has 0 atom stereocenters. The molecule has 0 radical (unpaired) electrons. The molecule has 1 aromatic carbocycles. The fourth-order valence-corrected chi connectivity index (χ4v) is 2.54. The molecule has 0 saturated carbocycles. The molecule has 0 spiro atoms. The minimum atomic E-state index is -6.35. The number of unbranched alkanes of at least 4 members (excludes halogenated alkanes) is 1. The Labute approximate surface area is 158 Å². The molecule has 0 bridgehead atoms. The lowest BCUT2D eigenvalue weighted by molar-refractivity contribution is -0.341. The first-order valence-electron chi connectivity index (χ1n) is 7.30. The van der Waals surface area contributed by atoms with E-state index in [1.807, 2.05) is 0 Å². The third-order valence-electron chi connectivity index (χ3n) is 3.17. The maximum absolute atomic E-state index is 13.2. The van der Waals surface area contributed by atoms with Crippen LogP contribution in [0.1, 0.15) is 29.6 Å². The summed E-state index contributed by atoms with van der Waals surface area (Å²) in [6.07, 6.45) is -6.47. The summed E-state index contributed by atoms with van der Waals surface area (Å²) < 4.78 is 92.7. The number of esters is 1. The van der Waals surface area contributed by atoms with Crippen LogP contribution in [0.4, 0.5) is 30.7 Å². The summed E-state index contributed by atoms with van der Waals surface area (Å²) >= 11 is 1.28. The van der Waals surface area contributed by atoms with Gasteiger partial charge in [0.1, 0.15) is 0 Å². The molecule has 1 aromatic rings. The monoisotopic (exact) mass is 498 g/mol. The third-order valence-corrected chi connectivity index (χ3v) is 4.02. The van der Waals surface area contributed by atoms with Crippen LogP contribution in [0.15, 0.2) is 40.0 Å². The van der Waals surface area contributed by atoms with Crippen LogP contribution in [-0.4, -0.2) is 30.6 Å². The first-order valence-corrected chi connectivity index (χ1v) is 8.38. The summed E-state index contributed by atoms with van der Waals surface area (Å²) in [5, 5.41) is 0. The second-order valence-electron chi connectivity index (χ2n) is 5.25. The Bertz CT molecular complexity index is 627. The maximum Gasteiger partial charge on any atom is 0.460 e. The largest absolute Gasteiger partial charge is 0.462 e. The van der Waals surface area contributed by atoms with Crippen LogP contribution < -0.4 is 0 Å². The molecule has 0 heterocycles. The van der Waals surface area contributed by atoms with Crippen molar-refractivity contribution in [3.63, 3.8) is 0 Å². The second-order valence-corrected chi connectivity index (χ2v) is 6.63. The minimum absolute atomic E-state index is 0.0350. The third kappa shape index (κ3) is 6.13. The van der Waals surface area contributed by atoms with Crippen molar-refractivity contribution in [3.8, 4) is 0 Å². The van der Waals surface area contributed by atoms with Gasteiger partial charge in [0.25, 0.3) is 0 Å². The Morgan fingerprint density at radius 1 is 1.00 bits per heavy atom. The number of carbonyl (C=O) groups is 1. The fourth-order valence-electron chi connectivity index (χ4n) is 1.77. The van der Waals surface area contributed by atoms with Gasteiger partial charge in [0.15, 0.2) is 0 Å². The smallest absolute Gasteiger partial charge is 0.460 e. The molecule has 146 valence electrons. The minimum Gasteiger partial charge on any atom is -0.462 e. The summed E-state index contributed by atoms with van der Waals surface area (Å²) in [5.41, 5.74) is 0.330. The van der Waals surface area contributed by atoms with Crippen LogP contribution in [0.25, 0.3) is 0 Å². The molecule has 0 aliphatic heterocycles. The molecular weight excluding hydrogens is 484 g/mol. The molecule has 2 nitrogen and oxygen atoms in total. The van der Waals surface area contributed by atoms with Gasteiger partial charge in [0.05, 0.1) is 12.2 Å². The van der Waals surface area contributed by atoms with Gasteiger partial charge in [-0.05, 0) is 57.6 Å². The topological polar surface area (TPSA) is 26.3 Å². The predicted octanol–water partition coefficient (Wildman–Crippen LogP) is 6.17. The highest BCUT2D eigenvalue weighted by atomic mass is 127. The van der Waals surface area contributed by atoms with Crippen LogP contribution in [0, 0.1) is 0 Å². The Morgan fingerprint density at radius 3 is 2.12 bits per heavy atom. The molecule has 1 rings (SSSR count). The van der Waals surface area contributed by atoms with Crippen molar-refractivity contribution in [2.75, 3.05) is 6.61 Å². The number of hydrogen-bond acceptors (Lipinski definition) is 2. The van der Waals surface area contributed by atoms with Crippen molar-refractivity contribution in [2.45, 2.75) is 37.3 Å². The second kappa shape index (κ2) is 9.05.